The molecule has 0 amide bonds. The van der Waals surface area contributed by atoms with Crippen LogP contribution in [0.15, 0.2) is 121 Å². The number of fused-ring (bicyclic) bond motifs is 3. The Bertz CT molecular complexity index is 1860. The summed E-state index contributed by atoms with van der Waals surface area (Å²) in [5.74, 6) is 2.82. The van der Waals surface area contributed by atoms with Crippen molar-refractivity contribution in [2.45, 2.75) is 26.2 Å². The molecule has 0 N–H and O–H groups in total. The number of ether oxygens (including phenoxy) is 4. The maximum atomic E-state index is 6.49. The molecule has 6 rings (SSSR count). The number of likely N-dealkylation sites (N-methyl/N-ethyl adjacent to an activating group) is 1. The van der Waals surface area contributed by atoms with E-state index in [-0.39, 0.29) is 0 Å². The van der Waals surface area contributed by atoms with Gasteiger partial charge in [0.05, 0.1) is 14.2 Å². The number of benzene rings is 6. The second-order valence-electron chi connectivity index (χ2n) is 11.3. The fourth-order valence-electron chi connectivity index (χ4n) is 5.81. The molecule has 0 unspecified atom stereocenters. The van der Waals surface area contributed by atoms with E-state index in [2.05, 4.69) is 96.9 Å². The SMILES string of the molecule is COc1cc2c(ccc3c(CCN(C)Cc4ccccc4)cc(OCc4ccccc4)c(OC)c32)cc1OCc1ccccc1. The lowest BCUT2D eigenvalue weighted by Crippen LogP contribution is -2.20. The highest BCUT2D eigenvalue weighted by atomic mass is 16.5. The summed E-state index contributed by atoms with van der Waals surface area (Å²) in [6.45, 7) is 2.68. The van der Waals surface area contributed by atoms with E-state index in [9.17, 15) is 0 Å². The minimum Gasteiger partial charge on any atom is -0.493 e. The molecule has 5 heteroatoms. The molecule has 0 heterocycles. The van der Waals surface area contributed by atoms with Gasteiger partial charge in [0.2, 0.25) is 0 Å². The Balaban J connectivity index is 1.40. The van der Waals surface area contributed by atoms with Gasteiger partial charge in [0.15, 0.2) is 23.0 Å². The molecular formula is C40H39NO4. The summed E-state index contributed by atoms with van der Waals surface area (Å²) >= 11 is 0. The van der Waals surface area contributed by atoms with Gasteiger partial charge in [-0.3, -0.25) is 0 Å². The largest absolute Gasteiger partial charge is 0.493 e. The zero-order valence-electron chi connectivity index (χ0n) is 26.2. The van der Waals surface area contributed by atoms with Crippen molar-refractivity contribution in [1.29, 1.82) is 0 Å². The van der Waals surface area contributed by atoms with Crippen LogP contribution in [-0.2, 0) is 26.2 Å². The van der Waals surface area contributed by atoms with Crippen molar-refractivity contribution in [3.8, 4) is 23.0 Å². The van der Waals surface area contributed by atoms with Crippen molar-refractivity contribution in [1.82, 2.24) is 4.90 Å². The predicted octanol–water partition coefficient (Wildman–Crippen LogP) is 8.84. The molecule has 0 atom stereocenters. The Kier molecular flexibility index (Phi) is 9.47. The highest BCUT2D eigenvalue weighted by molar-refractivity contribution is 6.13. The summed E-state index contributed by atoms with van der Waals surface area (Å²) in [6.07, 6.45) is 0.854. The predicted molar refractivity (Wildman–Crippen MR) is 183 cm³/mol. The number of hydrogen-bond acceptors (Lipinski definition) is 5. The number of hydrogen-bond donors (Lipinski definition) is 0. The molecule has 5 nitrogen and oxygen atoms in total. The summed E-state index contributed by atoms with van der Waals surface area (Å²) in [5, 5.41) is 4.21. The molecule has 0 aliphatic rings. The van der Waals surface area contributed by atoms with Gasteiger partial charge in [-0.15, -0.1) is 0 Å². The van der Waals surface area contributed by atoms with Crippen LogP contribution in [0.25, 0.3) is 21.5 Å². The lowest BCUT2D eigenvalue weighted by atomic mass is 9.95. The molecule has 6 aromatic rings. The first-order valence-corrected chi connectivity index (χ1v) is 15.3. The van der Waals surface area contributed by atoms with Crippen molar-refractivity contribution in [3.05, 3.63) is 144 Å². The number of rotatable bonds is 13. The van der Waals surface area contributed by atoms with E-state index < -0.39 is 0 Å². The van der Waals surface area contributed by atoms with Crippen LogP contribution in [0.1, 0.15) is 22.3 Å². The quantitative estimate of drug-likeness (QED) is 0.124. The van der Waals surface area contributed by atoms with Crippen LogP contribution < -0.4 is 18.9 Å². The molecule has 0 saturated carbocycles. The third-order valence-corrected chi connectivity index (χ3v) is 8.14. The van der Waals surface area contributed by atoms with Gasteiger partial charge in [-0.2, -0.15) is 0 Å². The highest BCUT2D eigenvalue weighted by Gasteiger charge is 2.19. The zero-order chi connectivity index (χ0) is 31.0. The van der Waals surface area contributed by atoms with Gasteiger partial charge in [0, 0.05) is 18.5 Å². The third kappa shape index (κ3) is 7.05. The van der Waals surface area contributed by atoms with Gasteiger partial charge < -0.3 is 23.8 Å². The lowest BCUT2D eigenvalue weighted by molar-refractivity contribution is 0.285. The van der Waals surface area contributed by atoms with Crippen molar-refractivity contribution in [2.75, 3.05) is 27.8 Å². The summed E-state index contributed by atoms with van der Waals surface area (Å²) in [7, 11) is 5.56. The van der Waals surface area contributed by atoms with Gasteiger partial charge in [0.25, 0.3) is 0 Å². The molecule has 0 spiro atoms. The highest BCUT2D eigenvalue weighted by Crippen LogP contribution is 2.45. The Morgan fingerprint density at radius 3 is 1.76 bits per heavy atom. The van der Waals surface area contributed by atoms with E-state index in [1.165, 1.54) is 11.1 Å². The van der Waals surface area contributed by atoms with Crippen LogP contribution in [0.2, 0.25) is 0 Å². The molecule has 0 bridgehead atoms. The molecule has 6 aromatic carbocycles. The van der Waals surface area contributed by atoms with Gasteiger partial charge in [-0.25, -0.2) is 0 Å². The fourth-order valence-corrected chi connectivity index (χ4v) is 5.81. The maximum absolute atomic E-state index is 6.49. The topological polar surface area (TPSA) is 40.2 Å². The Morgan fingerprint density at radius 1 is 0.556 bits per heavy atom. The average Bonchev–Trinajstić information content (AvgIpc) is 3.09. The van der Waals surface area contributed by atoms with Crippen LogP contribution in [0.4, 0.5) is 0 Å². The van der Waals surface area contributed by atoms with Gasteiger partial charge in [-0.1, -0.05) is 103 Å². The number of nitrogens with zero attached hydrogens (tertiary/aromatic N) is 1. The molecule has 0 aliphatic heterocycles. The minimum absolute atomic E-state index is 0.446. The van der Waals surface area contributed by atoms with Gasteiger partial charge >= 0.3 is 0 Å². The van der Waals surface area contributed by atoms with E-state index in [1.54, 1.807) is 14.2 Å². The zero-order valence-corrected chi connectivity index (χ0v) is 26.2. The van der Waals surface area contributed by atoms with E-state index in [1.807, 2.05) is 36.4 Å². The van der Waals surface area contributed by atoms with E-state index >= 15 is 0 Å². The molecule has 0 saturated heterocycles. The Labute approximate surface area is 265 Å². The molecule has 0 aromatic heterocycles. The molecule has 0 aliphatic carbocycles. The monoisotopic (exact) mass is 597 g/mol. The summed E-state index contributed by atoms with van der Waals surface area (Å²) in [6, 6.07) is 41.6. The summed E-state index contributed by atoms with van der Waals surface area (Å²) < 4.78 is 24.7. The lowest BCUT2D eigenvalue weighted by Gasteiger charge is -2.21. The first-order valence-electron chi connectivity index (χ1n) is 15.3. The second kappa shape index (κ2) is 14.2. The molecule has 0 fully saturated rings. The van der Waals surface area contributed by atoms with E-state index in [4.69, 9.17) is 18.9 Å². The normalized spacial score (nSPS) is 11.2. The standard InChI is InChI=1S/C40H39NO4/c1-41(26-29-13-7-4-8-14-29)22-21-33-24-38(45-28-31-17-11-6-12-18-31)40(43-3)39-34(33)20-19-32-23-37(36(42-2)25-35(32)39)44-27-30-15-9-5-10-16-30/h4-20,23-25H,21-22,26-28H2,1-3H3. The second-order valence-corrected chi connectivity index (χ2v) is 11.3. The van der Waals surface area contributed by atoms with E-state index in [0.717, 1.165) is 57.9 Å². The fraction of sp³-hybridized carbons (Fsp3) is 0.200. The van der Waals surface area contributed by atoms with Crippen LogP contribution in [0, 0.1) is 0 Å². The van der Waals surface area contributed by atoms with Crippen LogP contribution in [-0.4, -0.2) is 32.7 Å². The van der Waals surface area contributed by atoms with Crippen molar-refractivity contribution < 1.29 is 18.9 Å². The third-order valence-electron chi connectivity index (χ3n) is 8.14. The Morgan fingerprint density at radius 2 is 1.16 bits per heavy atom. The van der Waals surface area contributed by atoms with Crippen molar-refractivity contribution in [3.63, 3.8) is 0 Å². The Hall–Kier alpha value is -5.00. The van der Waals surface area contributed by atoms with Crippen molar-refractivity contribution in [2.24, 2.45) is 0 Å². The van der Waals surface area contributed by atoms with Gasteiger partial charge in [0.1, 0.15) is 13.2 Å². The molecule has 0 radical (unpaired) electrons. The minimum atomic E-state index is 0.446. The van der Waals surface area contributed by atoms with Crippen LogP contribution in [0.5, 0.6) is 23.0 Å². The first-order chi connectivity index (χ1) is 22.1. The van der Waals surface area contributed by atoms with Crippen LogP contribution >= 0.6 is 0 Å². The average molecular weight is 598 g/mol. The van der Waals surface area contributed by atoms with Crippen LogP contribution in [0.3, 0.4) is 0 Å². The first kappa shape index (κ1) is 30.0. The van der Waals surface area contributed by atoms with Crippen molar-refractivity contribution >= 4 is 21.5 Å². The maximum Gasteiger partial charge on any atom is 0.169 e. The number of methoxy groups -OCH3 is 2. The summed E-state index contributed by atoms with van der Waals surface area (Å²) in [5.41, 5.74) is 4.71. The molecule has 228 valence electrons. The smallest absolute Gasteiger partial charge is 0.169 e. The van der Waals surface area contributed by atoms with E-state index in [0.29, 0.717) is 30.5 Å². The molecule has 45 heavy (non-hydrogen) atoms. The molecular weight excluding hydrogens is 558 g/mol. The summed E-state index contributed by atoms with van der Waals surface area (Å²) in [4.78, 5) is 2.36. The van der Waals surface area contributed by atoms with Gasteiger partial charge in [-0.05, 0) is 70.1 Å².